The molecule has 0 fully saturated rings. The average molecular weight is 629 g/mol. The molecule has 236 valence electrons. The molecule has 0 aliphatic heterocycles. The van der Waals surface area contributed by atoms with Gasteiger partial charge in [0.25, 0.3) is 0 Å². The van der Waals surface area contributed by atoms with Gasteiger partial charge in [0.15, 0.2) is 0 Å². The van der Waals surface area contributed by atoms with Crippen molar-refractivity contribution in [3.8, 4) is 44.5 Å². The van der Waals surface area contributed by atoms with E-state index in [4.69, 9.17) is 0 Å². The quantitative estimate of drug-likeness (QED) is 0.171. The molecule has 0 nitrogen and oxygen atoms in total. The van der Waals surface area contributed by atoms with Gasteiger partial charge in [-0.15, -0.1) is 0 Å². The summed E-state index contributed by atoms with van der Waals surface area (Å²) in [6, 6.07) is 50.3. The number of rotatable bonds is 3. The van der Waals surface area contributed by atoms with Crippen molar-refractivity contribution < 1.29 is 0 Å². The smallest absolute Gasteiger partial charge is 0.0158 e. The lowest BCUT2D eigenvalue weighted by molar-refractivity contribution is 0.660. The van der Waals surface area contributed by atoms with E-state index in [0.29, 0.717) is 0 Å². The Morgan fingerprint density at radius 3 is 1.71 bits per heavy atom. The first-order valence-corrected chi connectivity index (χ1v) is 17.5. The SMILES string of the molecule is Cc1cc(C)c(C)c(-c2c3ccccc3c(-c3ccc4c(c3)-c3ccccc3C4(C)C)c3cc(-c4cccc5ccccc45)ccc23)c1C. The largest absolute Gasteiger partial charge is 0.0619 e. The van der Waals surface area contributed by atoms with Gasteiger partial charge in [-0.1, -0.05) is 135 Å². The molecule has 8 aromatic carbocycles. The molecule has 0 saturated carbocycles. The van der Waals surface area contributed by atoms with Crippen LogP contribution >= 0.6 is 0 Å². The molecule has 1 aliphatic carbocycles. The topological polar surface area (TPSA) is 0 Å². The summed E-state index contributed by atoms with van der Waals surface area (Å²) in [6.07, 6.45) is 0. The molecule has 1 aliphatic rings. The van der Waals surface area contributed by atoms with Gasteiger partial charge >= 0.3 is 0 Å². The predicted octanol–water partition coefficient (Wildman–Crippen LogP) is 13.7. The molecular formula is C49H40. The summed E-state index contributed by atoms with van der Waals surface area (Å²) in [4.78, 5) is 0. The Morgan fingerprint density at radius 1 is 0.367 bits per heavy atom. The maximum absolute atomic E-state index is 2.47. The predicted molar refractivity (Wildman–Crippen MR) is 212 cm³/mol. The molecule has 8 aromatic rings. The van der Waals surface area contributed by atoms with E-state index in [1.165, 1.54) is 110 Å². The monoisotopic (exact) mass is 628 g/mol. The van der Waals surface area contributed by atoms with E-state index in [-0.39, 0.29) is 5.41 Å². The maximum atomic E-state index is 2.47. The molecule has 0 amide bonds. The van der Waals surface area contributed by atoms with Gasteiger partial charge in [0.05, 0.1) is 0 Å². The standard InChI is InChI=1S/C49H40/c1-29-26-30(2)32(4)46(31(29)3)48-40-19-10-9-18-39(40)47(35-23-25-45-42(28-35)38-17-11-12-21-44(38)49(45,5)6)43-27-34(22-24-41(43)48)37-20-13-15-33-14-7-8-16-36(33)37/h7-28H,1-6H3. The third-order valence-corrected chi connectivity index (χ3v) is 11.6. The van der Waals surface area contributed by atoms with Gasteiger partial charge in [-0.3, -0.25) is 0 Å². The third-order valence-electron chi connectivity index (χ3n) is 11.6. The van der Waals surface area contributed by atoms with Crippen LogP contribution in [0.1, 0.15) is 47.2 Å². The van der Waals surface area contributed by atoms with E-state index in [1.54, 1.807) is 0 Å². The summed E-state index contributed by atoms with van der Waals surface area (Å²) in [5.41, 5.74) is 18.7. The van der Waals surface area contributed by atoms with Crippen molar-refractivity contribution in [2.75, 3.05) is 0 Å². The van der Waals surface area contributed by atoms with Crippen molar-refractivity contribution in [1.29, 1.82) is 0 Å². The molecule has 0 spiro atoms. The Kier molecular flexibility index (Phi) is 6.52. The van der Waals surface area contributed by atoms with Crippen LogP contribution in [0, 0.1) is 27.7 Å². The van der Waals surface area contributed by atoms with Gasteiger partial charge in [0.1, 0.15) is 0 Å². The van der Waals surface area contributed by atoms with Crippen LogP contribution < -0.4 is 0 Å². The second-order valence-electron chi connectivity index (χ2n) is 14.6. The second-order valence-corrected chi connectivity index (χ2v) is 14.6. The molecule has 9 rings (SSSR count). The Morgan fingerprint density at radius 2 is 0.939 bits per heavy atom. The molecule has 0 radical (unpaired) electrons. The zero-order valence-corrected chi connectivity index (χ0v) is 29.2. The number of hydrogen-bond acceptors (Lipinski definition) is 0. The van der Waals surface area contributed by atoms with E-state index in [0.717, 1.165) is 0 Å². The lowest BCUT2D eigenvalue weighted by Crippen LogP contribution is -2.14. The lowest BCUT2D eigenvalue weighted by Gasteiger charge is -2.23. The van der Waals surface area contributed by atoms with Crippen LogP contribution in [0.5, 0.6) is 0 Å². The number of fused-ring (bicyclic) bond motifs is 6. The molecule has 49 heavy (non-hydrogen) atoms. The van der Waals surface area contributed by atoms with Crippen LogP contribution in [0.3, 0.4) is 0 Å². The highest BCUT2D eigenvalue weighted by Gasteiger charge is 2.35. The van der Waals surface area contributed by atoms with Crippen molar-refractivity contribution in [3.05, 3.63) is 167 Å². The first-order chi connectivity index (χ1) is 23.7. The Balaban J connectivity index is 1.43. The van der Waals surface area contributed by atoms with Crippen LogP contribution in [0.25, 0.3) is 76.8 Å². The van der Waals surface area contributed by atoms with Gasteiger partial charge < -0.3 is 0 Å². The first-order valence-electron chi connectivity index (χ1n) is 17.5. The molecular weight excluding hydrogens is 589 g/mol. The lowest BCUT2D eigenvalue weighted by atomic mass is 9.80. The zero-order chi connectivity index (χ0) is 33.6. The molecule has 0 unspecified atom stereocenters. The summed E-state index contributed by atoms with van der Waals surface area (Å²) in [6.45, 7) is 13.8. The van der Waals surface area contributed by atoms with Crippen molar-refractivity contribution in [3.63, 3.8) is 0 Å². The van der Waals surface area contributed by atoms with Crippen LogP contribution in [-0.2, 0) is 5.41 Å². The number of hydrogen-bond donors (Lipinski definition) is 0. The van der Waals surface area contributed by atoms with Crippen molar-refractivity contribution in [2.24, 2.45) is 0 Å². The van der Waals surface area contributed by atoms with E-state index in [2.05, 4.69) is 175 Å². The Hall–Kier alpha value is -5.46. The van der Waals surface area contributed by atoms with Crippen molar-refractivity contribution >= 4 is 32.3 Å². The minimum atomic E-state index is -0.0297. The van der Waals surface area contributed by atoms with E-state index in [1.807, 2.05) is 0 Å². The first kappa shape index (κ1) is 29.7. The molecule has 0 bridgehead atoms. The third kappa shape index (κ3) is 4.30. The van der Waals surface area contributed by atoms with Crippen molar-refractivity contribution in [2.45, 2.75) is 47.0 Å². The van der Waals surface area contributed by atoms with Gasteiger partial charge in [0.2, 0.25) is 0 Å². The minimum Gasteiger partial charge on any atom is -0.0619 e. The number of benzene rings is 8. The average Bonchev–Trinajstić information content (AvgIpc) is 3.35. The summed E-state index contributed by atoms with van der Waals surface area (Å²) in [5.74, 6) is 0. The molecule has 0 saturated heterocycles. The summed E-state index contributed by atoms with van der Waals surface area (Å²) in [5, 5.41) is 7.74. The summed E-state index contributed by atoms with van der Waals surface area (Å²) >= 11 is 0. The highest BCUT2D eigenvalue weighted by Crippen LogP contribution is 2.52. The van der Waals surface area contributed by atoms with Crippen LogP contribution in [-0.4, -0.2) is 0 Å². The fourth-order valence-electron chi connectivity index (χ4n) is 8.87. The second kappa shape index (κ2) is 10.8. The molecule has 0 heterocycles. The normalized spacial score (nSPS) is 13.3. The fourth-order valence-corrected chi connectivity index (χ4v) is 8.87. The Labute approximate surface area is 289 Å². The van der Waals surface area contributed by atoms with Gasteiger partial charge in [0, 0.05) is 5.41 Å². The van der Waals surface area contributed by atoms with Gasteiger partial charge in [-0.25, -0.2) is 0 Å². The maximum Gasteiger partial charge on any atom is 0.0158 e. The minimum absolute atomic E-state index is 0.0297. The van der Waals surface area contributed by atoms with Crippen LogP contribution in [0.15, 0.2) is 133 Å². The highest BCUT2D eigenvalue weighted by molar-refractivity contribution is 6.23. The van der Waals surface area contributed by atoms with Crippen LogP contribution in [0.2, 0.25) is 0 Å². The van der Waals surface area contributed by atoms with Crippen molar-refractivity contribution in [1.82, 2.24) is 0 Å². The molecule has 0 heteroatoms. The van der Waals surface area contributed by atoms with E-state index >= 15 is 0 Å². The summed E-state index contributed by atoms with van der Waals surface area (Å²) < 4.78 is 0. The molecule has 0 atom stereocenters. The number of aryl methyl sites for hydroxylation is 2. The fraction of sp³-hybridized carbons (Fsp3) is 0.143. The Bertz CT molecular complexity index is 2630. The van der Waals surface area contributed by atoms with E-state index in [9.17, 15) is 0 Å². The van der Waals surface area contributed by atoms with Crippen LogP contribution in [0.4, 0.5) is 0 Å². The highest BCUT2D eigenvalue weighted by atomic mass is 14.4. The van der Waals surface area contributed by atoms with Gasteiger partial charge in [-0.05, 0) is 150 Å². The molecule has 0 aromatic heterocycles. The zero-order valence-electron chi connectivity index (χ0n) is 29.2. The van der Waals surface area contributed by atoms with Gasteiger partial charge in [-0.2, -0.15) is 0 Å². The summed E-state index contributed by atoms with van der Waals surface area (Å²) in [7, 11) is 0. The molecule has 0 N–H and O–H groups in total. The van der Waals surface area contributed by atoms with E-state index < -0.39 is 0 Å².